The van der Waals surface area contributed by atoms with Gasteiger partial charge in [-0.3, -0.25) is 4.68 Å². The Balaban J connectivity index is 1.60. The molecule has 0 aliphatic carbocycles. The monoisotopic (exact) mass is 385 g/mol. The van der Waals surface area contributed by atoms with Gasteiger partial charge >= 0.3 is 7.12 Å². The number of aryl methyl sites for hydroxylation is 1. The number of fused-ring (bicyclic) bond motifs is 1. The highest BCUT2D eigenvalue weighted by atomic mass is 16.4. The fraction of sp³-hybridized carbons (Fsp3) is 0.0952. The van der Waals surface area contributed by atoms with Crippen LogP contribution in [0.2, 0.25) is 0 Å². The number of nitrogens with one attached hydrogen (secondary N) is 1. The highest BCUT2D eigenvalue weighted by molar-refractivity contribution is 6.58. The zero-order chi connectivity index (χ0) is 20.2. The standard InChI is InChI=1S/C21H20BN5O2/c1-27-20-18(14-24-27)25-19(12-9-15-5-3-2-4-6-15)26-21(20)23-13-16-7-10-17(11-8-16)22(28)29/h2-12,14,28-29H,13H2,1H3,(H,23,25,26). The van der Waals surface area contributed by atoms with Crippen molar-refractivity contribution in [2.75, 3.05) is 5.32 Å². The van der Waals surface area contributed by atoms with Crippen molar-refractivity contribution in [2.45, 2.75) is 6.54 Å². The summed E-state index contributed by atoms with van der Waals surface area (Å²) in [6.07, 6.45) is 5.57. The molecule has 0 unspecified atom stereocenters. The van der Waals surface area contributed by atoms with E-state index in [-0.39, 0.29) is 0 Å². The van der Waals surface area contributed by atoms with Gasteiger partial charge < -0.3 is 15.4 Å². The van der Waals surface area contributed by atoms with Crippen LogP contribution in [-0.2, 0) is 13.6 Å². The molecule has 0 fully saturated rings. The molecule has 144 valence electrons. The Bertz CT molecular complexity index is 1140. The molecule has 0 aliphatic heterocycles. The molecule has 2 aromatic heterocycles. The zero-order valence-corrected chi connectivity index (χ0v) is 15.9. The van der Waals surface area contributed by atoms with Gasteiger partial charge in [0.05, 0.1) is 6.20 Å². The molecule has 0 saturated heterocycles. The van der Waals surface area contributed by atoms with E-state index in [0.717, 1.165) is 22.2 Å². The topological polar surface area (TPSA) is 96.1 Å². The lowest BCUT2D eigenvalue weighted by molar-refractivity contribution is 0.426. The van der Waals surface area contributed by atoms with Crippen LogP contribution in [0.1, 0.15) is 17.0 Å². The molecule has 3 N–H and O–H groups in total. The summed E-state index contributed by atoms with van der Waals surface area (Å²) in [5.41, 5.74) is 4.10. The molecular formula is C21H20BN5O2. The van der Waals surface area contributed by atoms with E-state index in [1.165, 1.54) is 0 Å². The first-order valence-corrected chi connectivity index (χ1v) is 9.22. The number of aromatic nitrogens is 4. The lowest BCUT2D eigenvalue weighted by Crippen LogP contribution is -2.29. The average molecular weight is 385 g/mol. The van der Waals surface area contributed by atoms with Gasteiger partial charge in [-0.2, -0.15) is 5.10 Å². The summed E-state index contributed by atoms with van der Waals surface area (Å²) in [5.74, 6) is 1.28. The first-order chi connectivity index (χ1) is 14.1. The van der Waals surface area contributed by atoms with Crippen LogP contribution in [-0.4, -0.2) is 36.9 Å². The Hall–Kier alpha value is -3.49. The predicted molar refractivity (Wildman–Crippen MR) is 115 cm³/mol. The largest absolute Gasteiger partial charge is 0.488 e. The predicted octanol–water partition coefficient (Wildman–Crippen LogP) is 1.83. The Labute approximate surface area is 168 Å². The van der Waals surface area contributed by atoms with Crippen molar-refractivity contribution in [1.82, 2.24) is 19.7 Å². The number of hydrogen-bond donors (Lipinski definition) is 3. The summed E-state index contributed by atoms with van der Waals surface area (Å²) >= 11 is 0. The molecule has 0 radical (unpaired) electrons. The number of benzene rings is 2. The smallest absolute Gasteiger partial charge is 0.423 e. The summed E-state index contributed by atoms with van der Waals surface area (Å²) in [7, 11) is 0.389. The van der Waals surface area contributed by atoms with Gasteiger partial charge in [0.2, 0.25) is 0 Å². The zero-order valence-electron chi connectivity index (χ0n) is 15.9. The molecule has 2 aromatic carbocycles. The summed E-state index contributed by atoms with van der Waals surface area (Å²) in [6, 6.07) is 17.1. The Morgan fingerprint density at radius 1 is 1.00 bits per heavy atom. The van der Waals surface area contributed by atoms with Gasteiger partial charge in [-0.25, -0.2) is 9.97 Å². The van der Waals surface area contributed by atoms with Gasteiger partial charge in [0, 0.05) is 13.6 Å². The van der Waals surface area contributed by atoms with E-state index in [4.69, 9.17) is 0 Å². The minimum absolute atomic E-state index is 0.457. The van der Waals surface area contributed by atoms with Crippen molar-refractivity contribution in [3.63, 3.8) is 0 Å². The van der Waals surface area contributed by atoms with Gasteiger partial charge in [0.15, 0.2) is 11.6 Å². The summed E-state index contributed by atoms with van der Waals surface area (Å²) in [5, 5.41) is 26.1. The fourth-order valence-corrected chi connectivity index (χ4v) is 3.02. The van der Waals surface area contributed by atoms with Crippen LogP contribution in [0.4, 0.5) is 5.82 Å². The second-order valence-corrected chi connectivity index (χ2v) is 6.65. The SMILES string of the molecule is Cn1ncc2nc(C=Cc3ccccc3)nc(NCc3ccc(B(O)O)cc3)c21. The molecule has 0 atom stereocenters. The maximum atomic E-state index is 9.22. The number of nitrogens with zero attached hydrogens (tertiary/aromatic N) is 4. The Morgan fingerprint density at radius 2 is 1.76 bits per heavy atom. The molecule has 0 saturated carbocycles. The van der Waals surface area contributed by atoms with Crippen molar-refractivity contribution in [3.8, 4) is 0 Å². The number of hydrogen-bond acceptors (Lipinski definition) is 6. The second kappa shape index (κ2) is 8.26. The maximum absolute atomic E-state index is 9.22. The Morgan fingerprint density at radius 3 is 2.48 bits per heavy atom. The molecule has 4 rings (SSSR count). The Kier molecular flexibility index (Phi) is 5.37. The van der Waals surface area contributed by atoms with Gasteiger partial charge in [-0.15, -0.1) is 0 Å². The third kappa shape index (κ3) is 4.34. The normalized spacial score (nSPS) is 11.3. The minimum Gasteiger partial charge on any atom is -0.423 e. The quantitative estimate of drug-likeness (QED) is 0.439. The van der Waals surface area contributed by atoms with Crippen molar-refractivity contribution in [2.24, 2.45) is 7.05 Å². The van der Waals surface area contributed by atoms with E-state index < -0.39 is 7.12 Å². The minimum atomic E-state index is -1.47. The molecule has 7 nitrogen and oxygen atoms in total. The highest BCUT2D eigenvalue weighted by Gasteiger charge is 2.12. The van der Waals surface area contributed by atoms with Gasteiger partial charge in [-0.05, 0) is 22.7 Å². The maximum Gasteiger partial charge on any atom is 0.488 e. The molecule has 2 heterocycles. The third-order valence-corrected chi connectivity index (χ3v) is 4.57. The summed E-state index contributed by atoms with van der Waals surface area (Å²) in [6.45, 7) is 0.529. The first-order valence-electron chi connectivity index (χ1n) is 9.22. The van der Waals surface area contributed by atoms with Crippen LogP contribution < -0.4 is 10.8 Å². The van der Waals surface area contributed by atoms with Crippen LogP contribution in [0.5, 0.6) is 0 Å². The van der Waals surface area contributed by atoms with Crippen molar-refractivity contribution in [1.29, 1.82) is 0 Å². The molecule has 0 spiro atoms. The van der Waals surface area contributed by atoms with Gasteiger partial charge in [0.1, 0.15) is 11.0 Å². The second-order valence-electron chi connectivity index (χ2n) is 6.65. The molecule has 29 heavy (non-hydrogen) atoms. The summed E-state index contributed by atoms with van der Waals surface area (Å²) < 4.78 is 1.74. The van der Waals surface area contributed by atoms with Crippen LogP contribution in [0.15, 0.2) is 60.8 Å². The summed E-state index contributed by atoms with van der Waals surface area (Å²) in [4.78, 5) is 9.24. The van der Waals surface area contributed by atoms with E-state index in [0.29, 0.717) is 23.6 Å². The number of rotatable bonds is 6. The highest BCUT2D eigenvalue weighted by Crippen LogP contribution is 2.21. The van der Waals surface area contributed by atoms with Crippen LogP contribution >= 0.6 is 0 Å². The number of anilines is 1. The van der Waals surface area contributed by atoms with Crippen LogP contribution in [0, 0.1) is 0 Å². The molecule has 0 amide bonds. The van der Waals surface area contributed by atoms with Crippen molar-refractivity contribution >= 4 is 41.6 Å². The average Bonchev–Trinajstić information content (AvgIpc) is 3.12. The van der Waals surface area contributed by atoms with Gasteiger partial charge in [0.25, 0.3) is 0 Å². The van der Waals surface area contributed by atoms with E-state index in [9.17, 15) is 10.0 Å². The van der Waals surface area contributed by atoms with E-state index in [1.54, 1.807) is 23.0 Å². The lowest BCUT2D eigenvalue weighted by atomic mass is 9.80. The fourth-order valence-electron chi connectivity index (χ4n) is 3.02. The van der Waals surface area contributed by atoms with Crippen molar-refractivity contribution in [3.05, 3.63) is 77.7 Å². The molecule has 0 aliphatic rings. The molecule has 0 bridgehead atoms. The molecular weight excluding hydrogens is 365 g/mol. The first kappa shape index (κ1) is 18.9. The van der Waals surface area contributed by atoms with E-state index in [1.807, 2.05) is 61.7 Å². The van der Waals surface area contributed by atoms with Gasteiger partial charge in [-0.1, -0.05) is 60.7 Å². The van der Waals surface area contributed by atoms with E-state index in [2.05, 4.69) is 20.4 Å². The lowest BCUT2D eigenvalue weighted by Gasteiger charge is -2.09. The van der Waals surface area contributed by atoms with E-state index >= 15 is 0 Å². The molecule has 4 aromatic rings. The van der Waals surface area contributed by atoms with Crippen LogP contribution in [0.3, 0.4) is 0 Å². The third-order valence-electron chi connectivity index (χ3n) is 4.57. The molecule has 8 heteroatoms. The van der Waals surface area contributed by atoms with Crippen molar-refractivity contribution < 1.29 is 10.0 Å². The van der Waals surface area contributed by atoms with Crippen LogP contribution in [0.25, 0.3) is 23.2 Å².